The van der Waals surface area contributed by atoms with Gasteiger partial charge in [0.2, 0.25) is 11.8 Å². The van der Waals surface area contributed by atoms with Gasteiger partial charge in [-0.25, -0.2) is 0 Å². The smallest absolute Gasteiger partial charge is 0.270 e. The van der Waals surface area contributed by atoms with E-state index >= 15 is 0 Å². The lowest BCUT2D eigenvalue weighted by Crippen LogP contribution is -2.36. The monoisotopic (exact) mass is 444 g/mol. The number of benzene rings is 1. The van der Waals surface area contributed by atoms with E-state index in [0.29, 0.717) is 13.0 Å². The Balaban J connectivity index is 1.36. The topological polar surface area (TPSA) is 139 Å². The Labute approximate surface area is 181 Å². The Morgan fingerprint density at radius 2 is 1.74 bits per heavy atom. The van der Waals surface area contributed by atoms with Crippen molar-refractivity contribution in [1.29, 1.82) is 0 Å². The third-order valence-corrected chi connectivity index (χ3v) is 5.51. The molecule has 0 radical (unpaired) electrons. The summed E-state index contributed by atoms with van der Waals surface area (Å²) in [5, 5.41) is 18.1. The Bertz CT molecular complexity index is 1020. The van der Waals surface area contributed by atoms with Gasteiger partial charge in [0.15, 0.2) is 0 Å². The lowest BCUT2D eigenvalue weighted by Gasteiger charge is -2.13. The van der Waals surface area contributed by atoms with Crippen molar-refractivity contribution in [3.05, 3.63) is 61.8 Å². The van der Waals surface area contributed by atoms with E-state index < -0.39 is 16.7 Å². The number of carbonyl (C=O) groups is 4. The molecule has 162 valence electrons. The second-order valence-corrected chi connectivity index (χ2v) is 7.84. The molecule has 0 fully saturated rings. The molecular weight excluding hydrogens is 424 g/mol. The van der Waals surface area contributed by atoms with Crippen LogP contribution in [0.15, 0.2) is 35.7 Å². The Morgan fingerprint density at radius 3 is 2.42 bits per heavy atom. The zero-order valence-corrected chi connectivity index (χ0v) is 17.3. The standard InChI is InChI=1S/C20H20N4O6S/c25-17(21-7-8-22-18(26)12-14-3-2-10-31-14)4-1-9-23-19(27)15-6-5-13(24(29)30)11-16(15)20(23)28/h2-3,5-6,10-11H,1,4,7-9,12H2,(H,21,25)(H,22,26). The Morgan fingerprint density at radius 1 is 1.03 bits per heavy atom. The van der Waals surface area contributed by atoms with Gasteiger partial charge in [-0.05, 0) is 23.9 Å². The lowest BCUT2D eigenvalue weighted by atomic mass is 10.1. The van der Waals surface area contributed by atoms with Crippen LogP contribution in [0, 0.1) is 10.1 Å². The maximum absolute atomic E-state index is 12.4. The molecule has 2 N–H and O–H groups in total. The summed E-state index contributed by atoms with van der Waals surface area (Å²) in [5.74, 6) is -1.51. The van der Waals surface area contributed by atoms with Crippen molar-refractivity contribution in [2.45, 2.75) is 19.3 Å². The summed E-state index contributed by atoms with van der Waals surface area (Å²) in [7, 11) is 0. The second kappa shape index (κ2) is 9.94. The van der Waals surface area contributed by atoms with Gasteiger partial charge in [-0.1, -0.05) is 6.07 Å². The van der Waals surface area contributed by atoms with Crippen LogP contribution in [0.2, 0.25) is 0 Å². The van der Waals surface area contributed by atoms with E-state index in [4.69, 9.17) is 0 Å². The van der Waals surface area contributed by atoms with Crippen molar-refractivity contribution in [2.75, 3.05) is 19.6 Å². The number of carbonyl (C=O) groups excluding carboxylic acids is 4. The number of hydrogen-bond acceptors (Lipinski definition) is 7. The summed E-state index contributed by atoms with van der Waals surface area (Å²) >= 11 is 1.50. The first-order valence-electron chi connectivity index (χ1n) is 9.57. The molecule has 0 unspecified atom stereocenters. The van der Waals surface area contributed by atoms with E-state index in [9.17, 15) is 29.3 Å². The number of thiophene rings is 1. The maximum Gasteiger partial charge on any atom is 0.270 e. The zero-order valence-electron chi connectivity index (χ0n) is 16.5. The predicted molar refractivity (Wildman–Crippen MR) is 112 cm³/mol. The molecule has 0 bridgehead atoms. The summed E-state index contributed by atoms with van der Waals surface area (Å²) in [6.07, 6.45) is 0.649. The van der Waals surface area contributed by atoms with Gasteiger partial charge in [-0.3, -0.25) is 34.2 Å². The first-order chi connectivity index (χ1) is 14.9. The van der Waals surface area contributed by atoms with E-state index in [1.807, 2.05) is 17.5 Å². The van der Waals surface area contributed by atoms with Crippen LogP contribution in [0.1, 0.15) is 38.4 Å². The van der Waals surface area contributed by atoms with Crippen molar-refractivity contribution in [2.24, 2.45) is 0 Å². The normalized spacial score (nSPS) is 12.6. The number of imide groups is 1. The summed E-state index contributed by atoms with van der Waals surface area (Å²) in [6, 6.07) is 7.29. The largest absolute Gasteiger partial charge is 0.354 e. The highest BCUT2D eigenvalue weighted by Crippen LogP contribution is 2.26. The number of fused-ring (bicyclic) bond motifs is 1. The van der Waals surface area contributed by atoms with Gasteiger partial charge in [0.25, 0.3) is 17.5 Å². The Hall–Kier alpha value is -3.60. The van der Waals surface area contributed by atoms with E-state index in [1.54, 1.807) is 0 Å². The SMILES string of the molecule is O=C(CCCN1C(=O)c2ccc([N+](=O)[O-])cc2C1=O)NCCNC(=O)Cc1cccs1. The molecule has 1 aromatic heterocycles. The van der Waals surface area contributed by atoms with E-state index in [-0.39, 0.29) is 54.6 Å². The minimum atomic E-state index is -0.629. The van der Waals surface area contributed by atoms with Crippen LogP contribution in [-0.2, 0) is 16.0 Å². The third kappa shape index (κ3) is 5.51. The fourth-order valence-electron chi connectivity index (χ4n) is 3.12. The van der Waals surface area contributed by atoms with Crippen LogP contribution in [0.3, 0.4) is 0 Å². The van der Waals surface area contributed by atoms with Crippen molar-refractivity contribution in [3.8, 4) is 0 Å². The predicted octanol–water partition coefficient (Wildman–Crippen LogP) is 1.51. The molecule has 3 rings (SSSR count). The molecule has 0 saturated heterocycles. The number of nitro benzene ring substituents is 1. The molecule has 4 amide bonds. The van der Waals surface area contributed by atoms with Crippen molar-refractivity contribution < 1.29 is 24.1 Å². The van der Waals surface area contributed by atoms with Gasteiger partial charge in [0.1, 0.15) is 0 Å². The van der Waals surface area contributed by atoms with Crippen LogP contribution in [0.5, 0.6) is 0 Å². The molecule has 1 aliphatic rings. The van der Waals surface area contributed by atoms with Crippen molar-refractivity contribution >= 4 is 40.7 Å². The number of nitro groups is 1. The van der Waals surface area contributed by atoms with Gasteiger partial charge >= 0.3 is 0 Å². The molecule has 0 spiro atoms. The first kappa shape index (κ1) is 22.1. The molecular formula is C20H20N4O6S. The van der Waals surface area contributed by atoms with Gasteiger partial charge in [0, 0.05) is 43.1 Å². The molecule has 2 heterocycles. The van der Waals surface area contributed by atoms with Crippen molar-refractivity contribution in [3.63, 3.8) is 0 Å². The molecule has 0 aliphatic carbocycles. The van der Waals surface area contributed by atoms with Crippen LogP contribution in [0.25, 0.3) is 0 Å². The lowest BCUT2D eigenvalue weighted by molar-refractivity contribution is -0.384. The zero-order chi connectivity index (χ0) is 22.4. The summed E-state index contributed by atoms with van der Waals surface area (Å²) < 4.78 is 0. The number of amides is 4. The Kier molecular flexibility index (Phi) is 7.08. The first-order valence-corrected chi connectivity index (χ1v) is 10.4. The molecule has 31 heavy (non-hydrogen) atoms. The number of nitrogens with zero attached hydrogens (tertiary/aromatic N) is 2. The van der Waals surface area contributed by atoms with Gasteiger partial charge < -0.3 is 10.6 Å². The van der Waals surface area contributed by atoms with Crippen LogP contribution in [-0.4, -0.2) is 53.1 Å². The molecule has 11 heteroatoms. The summed E-state index contributed by atoms with van der Waals surface area (Å²) in [6.45, 7) is 0.601. The average molecular weight is 444 g/mol. The average Bonchev–Trinajstić information content (AvgIpc) is 3.33. The minimum Gasteiger partial charge on any atom is -0.354 e. The van der Waals surface area contributed by atoms with Gasteiger partial charge in [-0.15, -0.1) is 11.3 Å². The quantitative estimate of drug-likeness (QED) is 0.246. The fraction of sp³-hybridized carbons (Fsp3) is 0.300. The third-order valence-electron chi connectivity index (χ3n) is 4.63. The number of rotatable bonds is 10. The van der Waals surface area contributed by atoms with Crippen LogP contribution < -0.4 is 10.6 Å². The number of non-ortho nitro benzene ring substituents is 1. The molecule has 2 aromatic rings. The van der Waals surface area contributed by atoms with E-state index in [1.165, 1.54) is 23.5 Å². The molecule has 0 saturated carbocycles. The van der Waals surface area contributed by atoms with Crippen molar-refractivity contribution in [1.82, 2.24) is 15.5 Å². The second-order valence-electron chi connectivity index (χ2n) is 6.81. The minimum absolute atomic E-state index is 0.00180. The van der Waals surface area contributed by atoms with Gasteiger partial charge in [-0.2, -0.15) is 0 Å². The molecule has 1 aromatic carbocycles. The maximum atomic E-state index is 12.4. The number of hydrogen-bond donors (Lipinski definition) is 2. The molecule has 1 aliphatic heterocycles. The molecule has 10 nitrogen and oxygen atoms in total. The van der Waals surface area contributed by atoms with Gasteiger partial charge in [0.05, 0.1) is 22.5 Å². The highest BCUT2D eigenvalue weighted by molar-refractivity contribution is 7.10. The highest BCUT2D eigenvalue weighted by Gasteiger charge is 2.36. The van der Waals surface area contributed by atoms with E-state index in [0.717, 1.165) is 15.8 Å². The number of nitrogens with one attached hydrogen (secondary N) is 2. The highest BCUT2D eigenvalue weighted by atomic mass is 32.1. The van der Waals surface area contributed by atoms with Crippen LogP contribution in [0.4, 0.5) is 5.69 Å². The summed E-state index contributed by atoms with van der Waals surface area (Å²) in [5.41, 5.74) is -0.135. The molecule has 0 atom stereocenters. The van der Waals surface area contributed by atoms with Crippen LogP contribution >= 0.6 is 11.3 Å². The fourth-order valence-corrected chi connectivity index (χ4v) is 3.82. The summed E-state index contributed by atoms with van der Waals surface area (Å²) in [4.78, 5) is 60.6. The van der Waals surface area contributed by atoms with E-state index in [2.05, 4.69) is 10.6 Å².